The van der Waals surface area contributed by atoms with E-state index in [2.05, 4.69) is 36.3 Å². The third kappa shape index (κ3) is 7.04. The lowest BCUT2D eigenvalue weighted by Crippen LogP contribution is -2.04. The van der Waals surface area contributed by atoms with Gasteiger partial charge in [-0.1, -0.05) is 18.2 Å². The van der Waals surface area contributed by atoms with Crippen molar-refractivity contribution >= 4 is 47.6 Å². The van der Waals surface area contributed by atoms with Crippen molar-refractivity contribution in [1.82, 2.24) is 9.97 Å². The van der Waals surface area contributed by atoms with Crippen molar-refractivity contribution in [3.05, 3.63) is 95.1 Å². The number of nitrogens with zero attached hydrogens (tertiary/aromatic N) is 4. The van der Waals surface area contributed by atoms with Gasteiger partial charge in [-0.2, -0.15) is 20.2 Å². The molecule has 1 aromatic heterocycles. The minimum absolute atomic E-state index is 0.0694. The Labute approximate surface area is 220 Å². The average molecular weight is 527 g/mol. The van der Waals surface area contributed by atoms with Crippen molar-refractivity contribution in [2.24, 2.45) is 10.2 Å². The van der Waals surface area contributed by atoms with Gasteiger partial charge >= 0.3 is 11.9 Å². The lowest BCUT2D eigenvalue weighted by atomic mass is 10.1. The Kier molecular flexibility index (Phi) is 7.92. The van der Waals surface area contributed by atoms with Crippen LogP contribution in [0.1, 0.15) is 31.8 Å². The second kappa shape index (κ2) is 11.8. The molecule has 7 N–H and O–H groups in total. The molecule has 0 spiro atoms. The predicted molar refractivity (Wildman–Crippen MR) is 144 cm³/mol. The standard InChI is InChI=1S/C26H21N7O6/c34-20-8-6-15(10-18(20)24(36)37)13-27-32-23-12-22(29-17-4-2-1-3-5-17)30-26(31-23)33-28-14-16-7-9-21(35)19(11-16)25(38)39/h1-14,34-35H,(H,36,37)(H,38,39)(H3,29,30,31,32,33). The van der Waals surface area contributed by atoms with E-state index in [-0.39, 0.29) is 34.4 Å². The van der Waals surface area contributed by atoms with Crippen molar-refractivity contribution in [1.29, 1.82) is 0 Å². The quantitative estimate of drug-likeness (QED) is 0.116. The highest BCUT2D eigenvalue weighted by Crippen LogP contribution is 2.21. The fourth-order valence-electron chi connectivity index (χ4n) is 3.24. The van der Waals surface area contributed by atoms with Crippen LogP contribution in [0, 0.1) is 0 Å². The second-order valence-corrected chi connectivity index (χ2v) is 7.86. The maximum absolute atomic E-state index is 11.2. The summed E-state index contributed by atoms with van der Waals surface area (Å²) in [5.74, 6) is -2.55. The molecule has 3 aromatic carbocycles. The number of aromatic hydroxyl groups is 2. The summed E-state index contributed by atoms with van der Waals surface area (Å²) < 4.78 is 0. The van der Waals surface area contributed by atoms with Gasteiger partial charge in [0, 0.05) is 11.8 Å². The number of benzene rings is 3. The fourth-order valence-corrected chi connectivity index (χ4v) is 3.24. The van der Waals surface area contributed by atoms with Gasteiger partial charge in [-0.15, -0.1) is 0 Å². The number of rotatable bonds is 10. The maximum Gasteiger partial charge on any atom is 0.339 e. The zero-order valence-corrected chi connectivity index (χ0v) is 20.0. The lowest BCUT2D eigenvalue weighted by molar-refractivity contribution is 0.0682. The Morgan fingerprint density at radius 1 is 0.692 bits per heavy atom. The first kappa shape index (κ1) is 26.1. The van der Waals surface area contributed by atoms with Gasteiger partial charge in [0.2, 0.25) is 5.95 Å². The van der Waals surface area contributed by atoms with E-state index in [0.29, 0.717) is 16.9 Å². The van der Waals surface area contributed by atoms with Crippen LogP contribution in [0.25, 0.3) is 0 Å². The van der Waals surface area contributed by atoms with Crippen LogP contribution in [0.3, 0.4) is 0 Å². The fraction of sp³-hybridized carbons (Fsp3) is 0. The van der Waals surface area contributed by atoms with Crippen LogP contribution in [0.4, 0.5) is 23.3 Å². The van der Waals surface area contributed by atoms with Gasteiger partial charge in [0.15, 0.2) is 5.82 Å². The first-order valence-corrected chi connectivity index (χ1v) is 11.2. The van der Waals surface area contributed by atoms with Crippen molar-refractivity contribution in [2.45, 2.75) is 0 Å². The van der Waals surface area contributed by atoms with E-state index in [1.807, 2.05) is 30.3 Å². The molecule has 13 nitrogen and oxygen atoms in total. The zero-order valence-electron chi connectivity index (χ0n) is 20.0. The molecule has 0 unspecified atom stereocenters. The Hall–Kier alpha value is -5.98. The molecule has 39 heavy (non-hydrogen) atoms. The Bertz CT molecular complexity index is 1480. The van der Waals surface area contributed by atoms with E-state index in [1.165, 1.54) is 48.8 Å². The molecule has 196 valence electrons. The summed E-state index contributed by atoms with van der Waals surface area (Å²) >= 11 is 0. The van der Waals surface area contributed by atoms with Crippen LogP contribution in [-0.2, 0) is 0 Å². The monoisotopic (exact) mass is 527 g/mol. The van der Waals surface area contributed by atoms with Crippen molar-refractivity contribution in [3.63, 3.8) is 0 Å². The number of carboxylic acids is 2. The largest absolute Gasteiger partial charge is 0.507 e. The first-order valence-electron chi connectivity index (χ1n) is 11.2. The number of hydrazone groups is 2. The maximum atomic E-state index is 11.2. The van der Waals surface area contributed by atoms with Gasteiger partial charge in [0.25, 0.3) is 0 Å². The molecule has 0 aliphatic heterocycles. The number of carbonyl (C=O) groups is 2. The average Bonchev–Trinajstić information content (AvgIpc) is 2.91. The second-order valence-electron chi connectivity index (χ2n) is 7.86. The molecule has 13 heteroatoms. The minimum atomic E-state index is -1.28. The summed E-state index contributed by atoms with van der Waals surface area (Å²) in [6, 6.07) is 18.9. The highest BCUT2D eigenvalue weighted by molar-refractivity contribution is 5.94. The third-order valence-electron chi connectivity index (χ3n) is 5.05. The normalized spacial score (nSPS) is 11.0. The van der Waals surface area contributed by atoms with Gasteiger partial charge in [0.05, 0.1) is 12.4 Å². The van der Waals surface area contributed by atoms with E-state index in [9.17, 15) is 19.8 Å². The number of phenols is 2. The highest BCUT2D eigenvalue weighted by Gasteiger charge is 2.11. The molecule has 0 aliphatic carbocycles. The molecular formula is C26H21N7O6. The number of hydrogen-bond acceptors (Lipinski definition) is 11. The zero-order chi connectivity index (χ0) is 27.8. The number of nitrogens with one attached hydrogen (secondary N) is 3. The molecular weight excluding hydrogens is 506 g/mol. The van der Waals surface area contributed by atoms with E-state index < -0.39 is 11.9 Å². The topological polar surface area (TPSA) is 202 Å². The van der Waals surface area contributed by atoms with E-state index in [0.717, 1.165) is 5.69 Å². The number of para-hydroxylation sites is 1. The SMILES string of the molecule is O=C(O)c1cc(C=NNc2cc(Nc3ccccc3)nc(NN=Cc3ccc(O)c(C(=O)O)c3)n2)ccc1O. The van der Waals surface area contributed by atoms with Crippen molar-refractivity contribution in [3.8, 4) is 11.5 Å². The van der Waals surface area contributed by atoms with Crippen LogP contribution >= 0.6 is 0 Å². The van der Waals surface area contributed by atoms with Crippen LogP contribution in [0.2, 0.25) is 0 Å². The summed E-state index contributed by atoms with van der Waals surface area (Å²) in [5.41, 5.74) is 6.48. The van der Waals surface area contributed by atoms with E-state index in [1.54, 1.807) is 6.07 Å². The van der Waals surface area contributed by atoms with Gasteiger partial charge in [0.1, 0.15) is 28.4 Å². The molecule has 0 atom stereocenters. The molecule has 0 aliphatic rings. The summed E-state index contributed by atoms with van der Waals surface area (Å²) in [6.45, 7) is 0. The van der Waals surface area contributed by atoms with Crippen LogP contribution in [0.5, 0.6) is 11.5 Å². The minimum Gasteiger partial charge on any atom is -0.507 e. The smallest absolute Gasteiger partial charge is 0.339 e. The third-order valence-corrected chi connectivity index (χ3v) is 5.05. The first-order chi connectivity index (χ1) is 18.8. The number of aromatic carboxylic acids is 2. The Morgan fingerprint density at radius 2 is 1.23 bits per heavy atom. The number of carboxylic acid groups (broad SMARTS) is 2. The molecule has 0 saturated carbocycles. The molecule has 0 fully saturated rings. The lowest BCUT2D eigenvalue weighted by Gasteiger charge is -2.09. The number of aromatic nitrogens is 2. The molecule has 0 amide bonds. The van der Waals surface area contributed by atoms with Gasteiger partial charge in [-0.3, -0.25) is 5.43 Å². The van der Waals surface area contributed by atoms with Gasteiger partial charge < -0.3 is 25.7 Å². The highest BCUT2D eigenvalue weighted by atomic mass is 16.4. The summed E-state index contributed by atoms with van der Waals surface area (Å²) in [4.78, 5) is 31.1. The molecule has 4 rings (SSSR count). The molecule has 0 radical (unpaired) electrons. The molecule has 0 saturated heterocycles. The Morgan fingerprint density at radius 3 is 1.79 bits per heavy atom. The molecule has 1 heterocycles. The van der Waals surface area contributed by atoms with Gasteiger partial charge in [-0.25, -0.2) is 15.0 Å². The molecule has 0 bridgehead atoms. The summed E-state index contributed by atoms with van der Waals surface area (Å²) in [7, 11) is 0. The summed E-state index contributed by atoms with van der Waals surface area (Å²) in [6.07, 6.45) is 2.69. The van der Waals surface area contributed by atoms with Crippen LogP contribution in [0.15, 0.2) is 83.0 Å². The van der Waals surface area contributed by atoms with Gasteiger partial charge in [-0.05, 0) is 59.7 Å². The van der Waals surface area contributed by atoms with Crippen LogP contribution < -0.4 is 16.2 Å². The number of hydrogen-bond donors (Lipinski definition) is 7. The van der Waals surface area contributed by atoms with Crippen molar-refractivity contribution in [2.75, 3.05) is 16.2 Å². The number of anilines is 4. The predicted octanol–water partition coefficient (Wildman–Crippen LogP) is 3.92. The Balaban J connectivity index is 1.55. The van der Waals surface area contributed by atoms with Crippen LogP contribution in [-0.4, -0.2) is 54.8 Å². The van der Waals surface area contributed by atoms with Crippen molar-refractivity contribution < 1.29 is 30.0 Å². The van der Waals surface area contributed by atoms with E-state index in [4.69, 9.17) is 10.2 Å². The molecule has 4 aromatic rings. The van der Waals surface area contributed by atoms with E-state index >= 15 is 0 Å². The summed E-state index contributed by atoms with van der Waals surface area (Å²) in [5, 5.41) is 48.9.